The van der Waals surface area contributed by atoms with Gasteiger partial charge in [0.05, 0.1) is 17.7 Å². The van der Waals surface area contributed by atoms with E-state index in [1.165, 1.54) is 61.4 Å². The van der Waals surface area contributed by atoms with E-state index in [1.807, 2.05) is 6.20 Å². The van der Waals surface area contributed by atoms with Crippen LogP contribution in [0.2, 0.25) is 0 Å². The minimum atomic E-state index is -0.284. The Morgan fingerprint density at radius 2 is 0.911 bits per heavy atom. The molecule has 2 aromatic heterocycles. The van der Waals surface area contributed by atoms with Crippen molar-refractivity contribution in [1.29, 1.82) is 0 Å². The van der Waals surface area contributed by atoms with Crippen LogP contribution in [0.25, 0.3) is 49.9 Å². The van der Waals surface area contributed by atoms with Crippen molar-refractivity contribution in [3.05, 3.63) is 252 Å². The zero-order valence-corrected chi connectivity index (χ0v) is 48.6. The number of rotatable bonds is 11. The van der Waals surface area contributed by atoms with Gasteiger partial charge in [0.1, 0.15) is 17.3 Å². The first kappa shape index (κ1) is 52.9. The molecule has 5 heteroatoms. The molecule has 0 radical (unpaired) electrons. The van der Waals surface area contributed by atoms with E-state index in [-0.39, 0.29) is 27.1 Å². The van der Waals surface area contributed by atoms with E-state index >= 15 is 0 Å². The summed E-state index contributed by atoms with van der Waals surface area (Å²) in [6, 6.07) is 75.2. The number of anilines is 2. The summed E-state index contributed by atoms with van der Waals surface area (Å²) in [6.45, 7) is 31.0. The lowest BCUT2D eigenvalue weighted by Gasteiger charge is -2.35. The fourth-order valence-electron chi connectivity index (χ4n) is 12.1. The summed E-state index contributed by atoms with van der Waals surface area (Å²) in [5, 5.41) is 2.37. The summed E-state index contributed by atoms with van der Waals surface area (Å²) < 4.78 is 9.62. The second kappa shape index (κ2) is 19.9. The molecule has 0 N–H and O–H groups in total. The molecule has 0 saturated heterocycles. The summed E-state index contributed by atoms with van der Waals surface area (Å²) in [4.78, 5) is 10.2. The number of nitrogens with zero attached hydrogens (tertiary/aromatic N) is 4. The Bertz CT molecular complexity index is 3880. The largest absolute Gasteiger partial charge is 0.457 e. The molecule has 3 heterocycles. The van der Waals surface area contributed by atoms with E-state index in [0.717, 1.165) is 50.6 Å². The summed E-state index contributed by atoms with van der Waals surface area (Å²) in [7, 11) is 0. The third-order valence-corrected chi connectivity index (χ3v) is 16.3. The van der Waals surface area contributed by atoms with Crippen molar-refractivity contribution < 1.29 is 4.74 Å². The van der Waals surface area contributed by atoms with Gasteiger partial charge in [-0.2, -0.15) is 0 Å². The maximum Gasteiger partial charge on any atom is 0.137 e. The van der Waals surface area contributed by atoms with Gasteiger partial charge in [0.2, 0.25) is 0 Å². The van der Waals surface area contributed by atoms with Crippen LogP contribution >= 0.6 is 0 Å². The molecular weight excluding hydrogens is 961 g/mol. The quantitative estimate of drug-likeness (QED) is 0.129. The molecule has 0 fully saturated rings. The van der Waals surface area contributed by atoms with Gasteiger partial charge in [-0.25, -0.2) is 4.98 Å². The lowest BCUT2D eigenvalue weighted by molar-refractivity contribution is 0.444. The number of benzene rings is 8. The van der Waals surface area contributed by atoms with E-state index in [1.54, 1.807) is 0 Å². The monoisotopic (exact) mass is 1040 g/mol. The molecule has 0 atom stereocenters. The third-order valence-electron chi connectivity index (χ3n) is 16.3. The summed E-state index contributed by atoms with van der Waals surface area (Å²) in [6.07, 6.45) is 1.96. The number of aromatic nitrogens is 2. The van der Waals surface area contributed by atoms with Crippen molar-refractivity contribution in [3.8, 4) is 39.6 Å². The molecule has 0 amide bonds. The molecule has 0 spiro atoms. The number of allylic oxidation sites excluding steroid dienone is 2. The van der Waals surface area contributed by atoms with Crippen molar-refractivity contribution >= 4 is 33.2 Å². The van der Waals surface area contributed by atoms with Crippen LogP contribution in [-0.2, 0) is 16.2 Å². The first-order valence-electron chi connectivity index (χ1n) is 28.1. The van der Waals surface area contributed by atoms with Crippen molar-refractivity contribution in [2.45, 2.75) is 106 Å². The van der Waals surface area contributed by atoms with Crippen molar-refractivity contribution in [2.24, 2.45) is 10.8 Å². The maximum atomic E-state index is 7.28. The second-order valence-electron chi connectivity index (χ2n) is 25.9. The Morgan fingerprint density at radius 1 is 0.380 bits per heavy atom. The molecule has 5 nitrogen and oxygen atoms in total. The smallest absolute Gasteiger partial charge is 0.137 e. The van der Waals surface area contributed by atoms with Gasteiger partial charge in [0, 0.05) is 73.5 Å². The normalized spacial score (nSPS) is 13.7. The highest BCUT2D eigenvalue weighted by Crippen LogP contribution is 2.51. The molecule has 398 valence electrons. The second-order valence-corrected chi connectivity index (χ2v) is 25.9. The number of hydrogen-bond donors (Lipinski definition) is 0. The van der Waals surface area contributed by atoms with Crippen LogP contribution in [0.15, 0.2) is 224 Å². The Labute approximate surface area is 469 Å². The molecule has 0 saturated carbocycles. The van der Waals surface area contributed by atoms with Crippen LogP contribution in [-0.4, -0.2) is 16.2 Å². The van der Waals surface area contributed by atoms with E-state index in [2.05, 4.69) is 311 Å². The van der Waals surface area contributed by atoms with Crippen molar-refractivity contribution in [3.63, 3.8) is 0 Å². The molecule has 79 heavy (non-hydrogen) atoms. The lowest BCUT2D eigenvalue weighted by Crippen LogP contribution is -2.31. The Hall–Kier alpha value is -8.15. The van der Waals surface area contributed by atoms with Gasteiger partial charge in [-0.15, -0.1) is 0 Å². The Morgan fingerprint density at radius 3 is 1.47 bits per heavy atom. The van der Waals surface area contributed by atoms with E-state index in [4.69, 9.17) is 9.72 Å². The molecule has 1 aliphatic rings. The molecule has 1 aliphatic heterocycles. The van der Waals surface area contributed by atoms with Crippen LogP contribution in [0.4, 0.5) is 11.4 Å². The molecule has 0 unspecified atom stereocenters. The molecule has 0 aliphatic carbocycles. The van der Waals surface area contributed by atoms with Gasteiger partial charge in [0.15, 0.2) is 0 Å². The van der Waals surface area contributed by atoms with Gasteiger partial charge in [-0.3, -0.25) is 4.57 Å². The number of pyridine rings is 1. The van der Waals surface area contributed by atoms with Crippen LogP contribution in [0.3, 0.4) is 0 Å². The molecule has 0 bridgehead atoms. The van der Waals surface area contributed by atoms with Crippen LogP contribution < -0.4 is 14.5 Å². The number of ether oxygens (including phenoxy) is 1. The number of hydrogen-bond acceptors (Lipinski definition) is 4. The fourth-order valence-corrected chi connectivity index (χ4v) is 12.1. The van der Waals surface area contributed by atoms with Gasteiger partial charge < -0.3 is 14.5 Å². The summed E-state index contributed by atoms with van der Waals surface area (Å²) >= 11 is 0. The van der Waals surface area contributed by atoms with Crippen molar-refractivity contribution in [2.75, 3.05) is 16.5 Å². The summed E-state index contributed by atoms with van der Waals surface area (Å²) in [5.74, 6) is 2.39. The average Bonchev–Trinajstić information content (AvgIpc) is 4.25. The minimum absolute atomic E-state index is 0.0663. The van der Waals surface area contributed by atoms with Crippen molar-refractivity contribution in [1.82, 2.24) is 9.55 Å². The van der Waals surface area contributed by atoms with Gasteiger partial charge in [0.25, 0.3) is 0 Å². The van der Waals surface area contributed by atoms with Gasteiger partial charge in [-0.05, 0) is 110 Å². The van der Waals surface area contributed by atoms with Gasteiger partial charge >= 0.3 is 0 Å². The van der Waals surface area contributed by atoms with E-state index in [9.17, 15) is 0 Å². The predicted molar refractivity (Wildman–Crippen MR) is 334 cm³/mol. The predicted octanol–water partition coefficient (Wildman–Crippen LogP) is 19.8. The van der Waals surface area contributed by atoms with Gasteiger partial charge in [-0.1, -0.05) is 230 Å². The SMILES string of the molecule is CC(C)(C)C1=C(C(C)(C)C)N(c2cc(-c3ccccc3)cc(C(C)(C)c3ccccc3)c2)CN1c1cc(Oc2ccc3c4c(C(C)(C)c5ccccc5)cccc4n(-c4cc(C(C)(C)C)ccn4)c3c2)cc(-c2ccccc2)c1. The molecule has 10 aromatic rings. The Balaban J connectivity index is 1.08. The maximum absolute atomic E-state index is 7.28. The molecule has 11 rings (SSSR count). The van der Waals surface area contributed by atoms with E-state index in [0.29, 0.717) is 6.67 Å². The zero-order chi connectivity index (χ0) is 55.6. The third kappa shape index (κ3) is 10.1. The minimum Gasteiger partial charge on any atom is -0.457 e. The lowest BCUT2D eigenvalue weighted by atomic mass is 9.76. The highest BCUT2D eigenvalue weighted by atomic mass is 16.5. The standard InChI is InChI=1S/C74H76N4O/c1-70(2,3)56-39-40-75-66(46-56)78-64-36-26-35-63(74(12,13)55-33-24-17-25-34-55)67(64)62-38-37-60(48-65(62)78)79-61-44-53(51-29-20-15-21-30-51)43-59(47-61)77-49-76(68(71(4,5)6)69(77)72(7,8)9)58-42-52(50-27-18-14-19-28-50)41-57(45-58)73(10,11)54-31-22-16-23-32-54/h14-48H,49H2,1-13H3. The first-order valence-corrected chi connectivity index (χ1v) is 28.1. The highest BCUT2D eigenvalue weighted by Gasteiger charge is 2.42. The van der Waals surface area contributed by atoms with Crippen LogP contribution in [0.5, 0.6) is 11.5 Å². The molecule has 8 aromatic carbocycles. The zero-order valence-electron chi connectivity index (χ0n) is 48.6. The number of fused-ring (bicyclic) bond motifs is 3. The highest BCUT2D eigenvalue weighted by molar-refractivity contribution is 6.11. The average molecular weight is 1040 g/mol. The molecular formula is C74H76N4O. The Kier molecular flexibility index (Phi) is 13.4. The topological polar surface area (TPSA) is 33.5 Å². The van der Waals surface area contributed by atoms with Crippen LogP contribution in [0, 0.1) is 10.8 Å². The first-order chi connectivity index (χ1) is 37.6. The van der Waals surface area contributed by atoms with E-state index < -0.39 is 0 Å². The summed E-state index contributed by atoms with van der Waals surface area (Å²) in [5.41, 5.74) is 16.8. The fraction of sp³-hybridized carbons (Fsp3) is 0.257. The van der Waals surface area contributed by atoms with Crippen LogP contribution in [0.1, 0.15) is 118 Å².